The van der Waals surface area contributed by atoms with Gasteiger partial charge in [0.15, 0.2) is 0 Å². The zero-order valence-corrected chi connectivity index (χ0v) is 15.3. The third-order valence-corrected chi connectivity index (χ3v) is 3.98. The molecule has 2 rings (SSSR count). The molecule has 5 nitrogen and oxygen atoms in total. The lowest BCUT2D eigenvalue weighted by molar-refractivity contribution is -0.117. The van der Waals surface area contributed by atoms with Crippen LogP contribution in [0.15, 0.2) is 64.8 Å². The van der Waals surface area contributed by atoms with Gasteiger partial charge in [-0.1, -0.05) is 28.1 Å². The van der Waals surface area contributed by atoms with Crippen molar-refractivity contribution < 1.29 is 9.53 Å². The van der Waals surface area contributed by atoms with Crippen LogP contribution in [0.2, 0.25) is 0 Å². The van der Waals surface area contributed by atoms with Crippen molar-refractivity contribution >= 4 is 27.5 Å². The molecule has 1 amide bonds. The second-order valence-electron chi connectivity index (χ2n) is 5.18. The van der Waals surface area contributed by atoms with Crippen molar-refractivity contribution in [1.29, 1.82) is 5.26 Å². The molecule has 0 saturated carbocycles. The molecule has 0 spiro atoms. The normalized spacial score (nSPS) is 10.7. The fourth-order valence-electron chi connectivity index (χ4n) is 2.06. The quantitative estimate of drug-likeness (QED) is 0.550. The Morgan fingerprint density at radius 2 is 1.88 bits per heavy atom. The van der Waals surface area contributed by atoms with E-state index in [4.69, 9.17) is 10.00 Å². The van der Waals surface area contributed by atoms with Crippen LogP contribution in [0.5, 0.6) is 5.75 Å². The zero-order chi connectivity index (χ0) is 18.1. The van der Waals surface area contributed by atoms with E-state index < -0.39 is 5.91 Å². The molecule has 0 unspecified atom stereocenters. The summed E-state index contributed by atoms with van der Waals surface area (Å²) in [5, 5.41) is 14.8. The second kappa shape index (κ2) is 9.50. The molecule has 0 radical (unpaired) electrons. The number of ether oxygens (including phenoxy) is 1. The molecule has 25 heavy (non-hydrogen) atoms. The highest BCUT2D eigenvalue weighted by atomic mass is 79.9. The van der Waals surface area contributed by atoms with Gasteiger partial charge >= 0.3 is 0 Å². The minimum Gasteiger partial charge on any atom is -0.497 e. The van der Waals surface area contributed by atoms with Crippen molar-refractivity contribution in [2.75, 3.05) is 19.0 Å². The number of nitriles is 1. The number of halogens is 1. The van der Waals surface area contributed by atoms with Crippen molar-refractivity contribution in [3.05, 3.63) is 70.3 Å². The monoisotopic (exact) mass is 399 g/mol. The van der Waals surface area contributed by atoms with Crippen LogP contribution in [-0.2, 0) is 11.2 Å². The third-order valence-electron chi connectivity index (χ3n) is 3.45. The first-order valence-corrected chi connectivity index (χ1v) is 8.45. The molecule has 2 N–H and O–H groups in total. The number of benzene rings is 2. The summed E-state index contributed by atoms with van der Waals surface area (Å²) in [5.41, 5.74) is 1.90. The SMILES string of the molecule is COc1ccc(CCNC(=O)/C(C#N)=C\Nc2ccc(Br)cc2)cc1. The van der Waals surface area contributed by atoms with Crippen molar-refractivity contribution in [2.45, 2.75) is 6.42 Å². The number of methoxy groups -OCH3 is 1. The molecule has 0 fully saturated rings. The van der Waals surface area contributed by atoms with Gasteiger partial charge in [0.1, 0.15) is 17.4 Å². The largest absolute Gasteiger partial charge is 0.497 e. The van der Waals surface area contributed by atoms with Gasteiger partial charge in [0.2, 0.25) is 0 Å². The Morgan fingerprint density at radius 3 is 2.48 bits per heavy atom. The smallest absolute Gasteiger partial charge is 0.263 e. The maximum Gasteiger partial charge on any atom is 0.263 e. The molecule has 0 aliphatic carbocycles. The van der Waals surface area contributed by atoms with Crippen LogP contribution < -0.4 is 15.4 Å². The Morgan fingerprint density at radius 1 is 1.20 bits per heavy atom. The van der Waals surface area contributed by atoms with Gasteiger partial charge in [0.05, 0.1) is 7.11 Å². The van der Waals surface area contributed by atoms with E-state index in [2.05, 4.69) is 26.6 Å². The molecule has 0 aliphatic rings. The number of carbonyl (C=O) groups is 1. The van der Waals surface area contributed by atoms with Crippen LogP contribution in [0.25, 0.3) is 0 Å². The lowest BCUT2D eigenvalue weighted by Crippen LogP contribution is -2.27. The van der Waals surface area contributed by atoms with E-state index >= 15 is 0 Å². The maximum atomic E-state index is 12.1. The second-order valence-corrected chi connectivity index (χ2v) is 6.09. The van der Waals surface area contributed by atoms with Gasteiger partial charge in [0, 0.05) is 22.9 Å². The number of hydrogen-bond acceptors (Lipinski definition) is 4. The molecular weight excluding hydrogens is 382 g/mol. The van der Waals surface area contributed by atoms with E-state index in [0.29, 0.717) is 13.0 Å². The van der Waals surface area contributed by atoms with E-state index in [1.807, 2.05) is 54.6 Å². The maximum absolute atomic E-state index is 12.1. The molecule has 0 saturated heterocycles. The Bertz CT molecular complexity index is 778. The number of nitrogens with one attached hydrogen (secondary N) is 2. The van der Waals surface area contributed by atoms with Crippen LogP contribution >= 0.6 is 15.9 Å². The van der Waals surface area contributed by atoms with Gasteiger partial charge in [-0.3, -0.25) is 4.79 Å². The molecule has 0 aromatic heterocycles. The summed E-state index contributed by atoms with van der Waals surface area (Å²) in [5.74, 6) is 0.391. The average Bonchev–Trinajstić information content (AvgIpc) is 2.64. The van der Waals surface area contributed by atoms with Gasteiger partial charge < -0.3 is 15.4 Å². The van der Waals surface area contributed by atoms with Crippen molar-refractivity contribution in [3.8, 4) is 11.8 Å². The zero-order valence-electron chi connectivity index (χ0n) is 13.8. The Labute approximate surface area is 155 Å². The van der Waals surface area contributed by atoms with Crippen LogP contribution in [-0.4, -0.2) is 19.6 Å². The molecule has 0 bridgehead atoms. The first-order chi connectivity index (χ1) is 12.1. The molecular formula is C19H18BrN3O2. The van der Waals surface area contributed by atoms with E-state index in [9.17, 15) is 4.79 Å². The lowest BCUT2D eigenvalue weighted by Gasteiger charge is -2.06. The van der Waals surface area contributed by atoms with Crippen LogP contribution in [0.1, 0.15) is 5.56 Å². The lowest BCUT2D eigenvalue weighted by atomic mass is 10.1. The summed E-state index contributed by atoms with van der Waals surface area (Å²) in [6.07, 6.45) is 2.08. The highest BCUT2D eigenvalue weighted by molar-refractivity contribution is 9.10. The number of amides is 1. The molecule has 2 aromatic rings. The Kier molecular flexibility index (Phi) is 7.05. The van der Waals surface area contributed by atoms with Gasteiger partial charge in [-0.2, -0.15) is 5.26 Å². The fourth-order valence-corrected chi connectivity index (χ4v) is 2.32. The van der Waals surface area contributed by atoms with E-state index in [0.717, 1.165) is 21.5 Å². The summed E-state index contributed by atoms with van der Waals surface area (Å²) < 4.78 is 6.06. The predicted molar refractivity (Wildman–Crippen MR) is 101 cm³/mol. The number of hydrogen-bond donors (Lipinski definition) is 2. The molecule has 0 atom stereocenters. The minimum atomic E-state index is -0.402. The topological polar surface area (TPSA) is 74.1 Å². The van der Waals surface area contributed by atoms with Gasteiger partial charge in [-0.25, -0.2) is 0 Å². The Balaban J connectivity index is 1.85. The number of carbonyl (C=O) groups excluding carboxylic acids is 1. The number of anilines is 1. The van der Waals surface area contributed by atoms with Crippen molar-refractivity contribution in [2.24, 2.45) is 0 Å². The summed E-state index contributed by atoms with van der Waals surface area (Å²) in [6, 6.07) is 17.0. The highest BCUT2D eigenvalue weighted by Crippen LogP contribution is 2.14. The van der Waals surface area contributed by atoms with Crippen molar-refractivity contribution in [1.82, 2.24) is 5.32 Å². The molecule has 128 valence electrons. The Hall–Kier alpha value is -2.78. The molecule has 0 heterocycles. The standard InChI is InChI=1S/C19H18BrN3O2/c1-25-18-8-2-14(3-9-18)10-11-22-19(24)15(12-21)13-23-17-6-4-16(20)5-7-17/h2-9,13,23H,10-11H2,1H3,(H,22,24)/b15-13-. The summed E-state index contributed by atoms with van der Waals surface area (Å²) >= 11 is 3.35. The number of nitrogens with zero attached hydrogens (tertiary/aromatic N) is 1. The first kappa shape index (κ1) is 18.6. The van der Waals surface area contributed by atoms with Gasteiger partial charge in [-0.05, 0) is 48.4 Å². The summed E-state index contributed by atoms with van der Waals surface area (Å²) in [7, 11) is 1.62. The van der Waals surface area contributed by atoms with Gasteiger partial charge in [0.25, 0.3) is 5.91 Å². The molecule has 2 aromatic carbocycles. The first-order valence-electron chi connectivity index (χ1n) is 7.66. The van der Waals surface area contributed by atoms with Gasteiger partial charge in [-0.15, -0.1) is 0 Å². The van der Waals surface area contributed by atoms with E-state index in [1.54, 1.807) is 7.11 Å². The molecule has 6 heteroatoms. The minimum absolute atomic E-state index is 0.0256. The van der Waals surface area contributed by atoms with Crippen LogP contribution in [0, 0.1) is 11.3 Å². The summed E-state index contributed by atoms with van der Waals surface area (Å²) in [6.45, 7) is 0.447. The highest BCUT2D eigenvalue weighted by Gasteiger charge is 2.08. The third kappa shape index (κ3) is 5.98. The van der Waals surface area contributed by atoms with Crippen LogP contribution in [0.3, 0.4) is 0 Å². The van der Waals surface area contributed by atoms with E-state index in [-0.39, 0.29) is 5.57 Å². The summed E-state index contributed by atoms with van der Waals surface area (Å²) in [4.78, 5) is 12.1. The van der Waals surface area contributed by atoms with Crippen molar-refractivity contribution in [3.63, 3.8) is 0 Å². The van der Waals surface area contributed by atoms with E-state index in [1.165, 1.54) is 6.20 Å². The molecule has 0 aliphatic heterocycles. The average molecular weight is 400 g/mol. The fraction of sp³-hybridized carbons (Fsp3) is 0.158. The van der Waals surface area contributed by atoms with Crippen LogP contribution in [0.4, 0.5) is 5.69 Å². The predicted octanol–water partition coefficient (Wildman–Crippen LogP) is 3.64. The number of rotatable bonds is 7.